The number of hydrogen-bond acceptors (Lipinski definition) is 12. The van der Waals surface area contributed by atoms with Gasteiger partial charge in [-0.2, -0.15) is 26.3 Å². The van der Waals surface area contributed by atoms with Crippen LogP contribution >= 0.6 is 46.0 Å². The molecule has 4 aromatic rings. The number of thiazole rings is 2. The molecule has 61 heavy (non-hydrogen) atoms. The third kappa shape index (κ3) is 14.4. The molecule has 332 valence electrons. The Balaban J connectivity index is 0.000000228. The Labute approximate surface area is 373 Å². The first-order chi connectivity index (χ1) is 27.9. The van der Waals surface area contributed by atoms with Gasteiger partial charge in [-0.25, -0.2) is 9.97 Å². The molecule has 8 nitrogen and oxygen atoms in total. The first kappa shape index (κ1) is 50.9. The van der Waals surface area contributed by atoms with E-state index in [2.05, 4.69) is 26.3 Å². The summed E-state index contributed by atoms with van der Waals surface area (Å²) in [4.78, 5) is 36.2. The first-order valence-electron chi connectivity index (χ1n) is 18.2. The lowest BCUT2D eigenvalue weighted by molar-refractivity contribution is -0.153. The Kier molecular flexibility index (Phi) is 16.3. The molecule has 2 unspecified atom stereocenters. The number of aryl methyl sites for hydroxylation is 2. The van der Waals surface area contributed by atoms with Gasteiger partial charge >= 0.3 is 12.4 Å². The van der Waals surface area contributed by atoms with Crippen LogP contribution < -0.4 is 0 Å². The summed E-state index contributed by atoms with van der Waals surface area (Å²) in [5, 5.41) is 12.0. The Hall–Kier alpha value is -2.79. The number of carbonyl (C=O) groups excluding carboxylic acids is 2. The molecule has 0 saturated heterocycles. The monoisotopic (exact) mass is 986 g/mol. The zero-order valence-electron chi connectivity index (χ0n) is 34.2. The zero-order chi connectivity index (χ0) is 45.9. The van der Waals surface area contributed by atoms with Crippen LogP contribution in [0.15, 0.2) is 72.2 Å². The topological polar surface area (TPSA) is 108 Å². The van der Waals surface area contributed by atoms with Gasteiger partial charge in [0.1, 0.15) is 33.8 Å². The third-order valence-electron chi connectivity index (χ3n) is 8.77. The van der Waals surface area contributed by atoms with E-state index in [0.717, 1.165) is 30.9 Å². The van der Waals surface area contributed by atoms with E-state index >= 15 is 0 Å². The van der Waals surface area contributed by atoms with Crippen LogP contribution in [0.3, 0.4) is 0 Å². The number of alkyl halides is 6. The molecule has 0 fully saturated rings. The average molecular weight is 987 g/mol. The summed E-state index contributed by atoms with van der Waals surface area (Å²) >= 11 is 17.9. The zero-order valence-corrected chi connectivity index (χ0v) is 40.0. The standard InChI is InChI=1S/C20H21F3NO3PS2.C17H17NO2S.C3H5ClF3OPS/c1-12-16(24-18(30-12)13-8-6-5-7-9-13)15-14(25)10-19(2,3)17(15)27-28(4,29)26-11-20(21,22)23;1-10-14(13-12(19)9-17(2,3)15(13)20)18-16(21-10)11-7-5-4-6-8-11;1-9(4,10)8-2-3(5,6)7/h5-9H,10-11H2,1-4H3;4-8,20H,9H2,1-3H3;2H2,1H3. The van der Waals surface area contributed by atoms with E-state index in [9.17, 15) is 41.0 Å². The van der Waals surface area contributed by atoms with Crippen LogP contribution in [0.5, 0.6) is 0 Å². The molecule has 0 bridgehead atoms. The molecule has 0 aliphatic heterocycles. The van der Waals surface area contributed by atoms with Gasteiger partial charge in [-0.1, -0.05) is 111 Å². The molecule has 2 heterocycles. The van der Waals surface area contributed by atoms with Crippen molar-refractivity contribution in [2.24, 2.45) is 10.8 Å². The first-order valence-corrected chi connectivity index (χ1v) is 27.0. The van der Waals surface area contributed by atoms with Crippen molar-refractivity contribution >= 4 is 92.3 Å². The molecule has 2 aliphatic rings. The SMILES string of the molecule is CP(=S)(Cl)OCC(F)(F)F.Cc1sc(-c2ccccc2)nc1C1=C(O)C(C)(C)CC1=O.Cc1sc(-c2ccccc2)nc1C1=C(OP(C)(=S)OCC(F)(F)F)C(C)(C)CC1=O. The highest BCUT2D eigenvalue weighted by Gasteiger charge is 2.45. The Morgan fingerprint density at radius 1 is 0.721 bits per heavy atom. The van der Waals surface area contributed by atoms with E-state index in [4.69, 9.17) is 32.1 Å². The minimum Gasteiger partial charge on any atom is -0.511 e. The van der Waals surface area contributed by atoms with E-state index in [-0.39, 0.29) is 35.1 Å². The molecule has 2 aromatic carbocycles. The van der Waals surface area contributed by atoms with E-state index in [1.54, 1.807) is 25.2 Å². The molecular formula is C40H43ClF6N2O6P2S4. The van der Waals surface area contributed by atoms with Crippen LogP contribution in [0, 0.1) is 24.7 Å². The van der Waals surface area contributed by atoms with Gasteiger partial charge in [-0.3, -0.25) is 9.59 Å². The van der Waals surface area contributed by atoms with Gasteiger partial charge in [0, 0.05) is 57.9 Å². The molecule has 2 atom stereocenters. The quantitative estimate of drug-likeness (QED) is 0.122. The molecular weight excluding hydrogens is 944 g/mol. The van der Waals surface area contributed by atoms with Crippen molar-refractivity contribution in [3.05, 3.63) is 93.3 Å². The fourth-order valence-electron chi connectivity index (χ4n) is 5.97. The smallest absolute Gasteiger partial charge is 0.412 e. The average Bonchev–Trinajstić information content (AvgIpc) is 3.82. The minimum atomic E-state index is -4.52. The molecule has 6 rings (SSSR count). The van der Waals surface area contributed by atoms with Gasteiger partial charge in [-0.15, -0.1) is 22.7 Å². The Morgan fingerprint density at radius 2 is 1.11 bits per heavy atom. The second kappa shape index (κ2) is 19.5. The van der Waals surface area contributed by atoms with Crippen molar-refractivity contribution in [3.63, 3.8) is 0 Å². The molecule has 2 aliphatic carbocycles. The van der Waals surface area contributed by atoms with Crippen LogP contribution in [0.1, 0.15) is 61.7 Å². The lowest BCUT2D eigenvalue weighted by Crippen LogP contribution is -2.18. The van der Waals surface area contributed by atoms with Gasteiger partial charge in [0.2, 0.25) is 6.49 Å². The van der Waals surface area contributed by atoms with Crippen LogP contribution in [0.4, 0.5) is 26.3 Å². The number of carbonyl (C=O) groups is 2. The fraction of sp³-hybridized carbons (Fsp3) is 0.400. The van der Waals surface area contributed by atoms with Gasteiger partial charge in [0.15, 0.2) is 18.2 Å². The second-order valence-corrected chi connectivity index (χ2v) is 28.1. The van der Waals surface area contributed by atoms with Crippen molar-refractivity contribution < 1.29 is 54.6 Å². The van der Waals surface area contributed by atoms with Crippen molar-refractivity contribution in [1.82, 2.24) is 9.97 Å². The summed E-state index contributed by atoms with van der Waals surface area (Å²) in [5.74, 6) is 0.230. The lowest BCUT2D eigenvalue weighted by atomic mass is 9.91. The van der Waals surface area contributed by atoms with Crippen molar-refractivity contribution in [2.45, 2.75) is 66.7 Å². The van der Waals surface area contributed by atoms with Crippen molar-refractivity contribution in [3.8, 4) is 21.1 Å². The summed E-state index contributed by atoms with van der Waals surface area (Å²) < 4.78 is 86.8. The highest BCUT2D eigenvalue weighted by molar-refractivity contribution is 8.24. The van der Waals surface area contributed by atoms with Crippen LogP contribution in [0.25, 0.3) is 32.3 Å². The van der Waals surface area contributed by atoms with Gasteiger partial charge in [0.05, 0.1) is 22.5 Å². The predicted molar refractivity (Wildman–Crippen MR) is 239 cm³/mol. The second-order valence-electron chi connectivity index (χ2n) is 15.4. The maximum atomic E-state index is 12.9. The van der Waals surface area contributed by atoms with Crippen LogP contribution in [0.2, 0.25) is 0 Å². The van der Waals surface area contributed by atoms with E-state index in [0.29, 0.717) is 23.4 Å². The largest absolute Gasteiger partial charge is 0.511 e. The number of hydrogen-bond donors (Lipinski definition) is 1. The van der Waals surface area contributed by atoms with Crippen LogP contribution in [-0.4, -0.2) is 65.5 Å². The number of nitrogens with zero attached hydrogens (tertiary/aromatic N) is 2. The Morgan fingerprint density at radius 3 is 1.49 bits per heavy atom. The van der Waals surface area contributed by atoms with Crippen molar-refractivity contribution in [1.29, 1.82) is 0 Å². The molecule has 0 amide bonds. The summed E-state index contributed by atoms with van der Waals surface area (Å²) in [7, 11) is 0. The number of aromatic nitrogens is 2. The molecule has 21 heteroatoms. The van der Waals surface area contributed by atoms with Gasteiger partial charge < -0.3 is 18.7 Å². The summed E-state index contributed by atoms with van der Waals surface area (Å²) in [6.07, 6.45) is -8.36. The highest BCUT2D eigenvalue weighted by atomic mass is 35.7. The van der Waals surface area contributed by atoms with Crippen molar-refractivity contribution in [2.75, 3.05) is 26.5 Å². The number of aliphatic hydroxyl groups is 1. The predicted octanol–water partition coefficient (Wildman–Crippen LogP) is 13.5. The number of halogens is 7. The Bertz CT molecular complexity index is 2410. The number of rotatable bonds is 10. The number of ketones is 2. The maximum absolute atomic E-state index is 12.9. The highest BCUT2D eigenvalue weighted by Crippen LogP contribution is 2.56. The molecule has 0 radical (unpaired) electrons. The maximum Gasteiger partial charge on any atom is 0.412 e. The van der Waals surface area contributed by atoms with E-state index in [1.807, 2.05) is 88.4 Å². The van der Waals surface area contributed by atoms with Gasteiger partial charge in [0.25, 0.3) is 0 Å². The number of Topliss-reactive ketones (excluding diaryl/α,β-unsaturated/α-hetero) is 2. The lowest BCUT2D eigenvalue weighted by Gasteiger charge is -2.27. The minimum absolute atomic E-state index is 0.0227. The molecule has 2 aromatic heterocycles. The summed E-state index contributed by atoms with van der Waals surface area (Å²) in [5.41, 5.74) is -0.155. The number of aliphatic hydroxyl groups excluding tert-OH is 1. The summed E-state index contributed by atoms with van der Waals surface area (Å²) in [6.45, 7) is 7.62. The third-order valence-corrected chi connectivity index (χ3v) is 13.7. The molecule has 1 N–H and O–H groups in total. The molecule has 0 saturated carbocycles. The fourth-order valence-corrected chi connectivity index (χ4v) is 9.99. The number of benzene rings is 2. The molecule has 0 spiro atoms. The summed E-state index contributed by atoms with van der Waals surface area (Å²) in [6, 6.07) is 19.4. The normalized spacial score (nSPS) is 18.2. The van der Waals surface area contributed by atoms with E-state index in [1.165, 1.54) is 24.7 Å². The van der Waals surface area contributed by atoms with Crippen LogP contribution in [-0.2, 0) is 46.8 Å². The van der Waals surface area contributed by atoms with Gasteiger partial charge in [-0.05, 0) is 25.7 Å². The number of allylic oxidation sites excluding steroid dienone is 4. The van der Waals surface area contributed by atoms with E-state index < -0.39 is 48.5 Å².